The average molecular weight is 433 g/mol. The molecule has 1 aromatic rings. The van der Waals surface area contributed by atoms with Gasteiger partial charge < -0.3 is 10.6 Å². The summed E-state index contributed by atoms with van der Waals surface area (Å²) >= 11 is 0. The maximum absolute atomic E-state index is 4.63. The minimum Gasteiger partial charge on any atom is -0.357 e. The van der Waals surface area contributed by atoms with E-state index in [2.05, 4.69) is 27.6 Å². The van der Waals surface area contributed by atoms with Crippen LogP contribution in [0, 0.1) is 5.92 Å². The average Bonchev–Trinajstić information content (AvgIpc) is 3.16. The Kier molecular flexibility index (Phi) is 10.3. The number of aromatic nitrogens is 2. The molecule has 0 amide bonds. The van der Waals surface area contributed by atoms with Crippen molar-refractivity contribution in [1.82, 2.24) is 20.4 Å². The number of nitrogens with zero attached hydrogens (tertiary/aromatic N) is 3. The van der Waals surface area contributed by atoms with Gasteiger partial charge in [0.2, 0.25) is 0 Å². The van der Waals surface area contributed by atoms with Crippen molar-refractivity contribution in [3.05, 3.63) is 18.0 Å². The predicted molar refractivity (Wildman–Crippen MR) is 107 cm³/mol. The van der Waals surface area contributed by atoms with Gasteiger partial charge in [-0.25, -0.2) is 4.99 Å². The summed E-state index contributed by atoms with van der Waals surface area (Å²) in [5, 5.41) is 10.9. The highest BCUT2D eigenvalue weighted by atomic mass is 127. The third kappa shape index (κ3) is 7.54. The molecule has 1 aromatic heterocycles. The van der Waals surface area contributed by atoms with Crippen molar-refractivity contribution in [1.29, 1.82) is 0 Å². The molecule has 1 aliphatic carbocycles. The number of unbranched alkanes of at least 4 members (excludes halogenated alkanes) is 1. The minimum atomic E-state index is 0. The van der Waals surface area contributed by atoms with Gasteiger partial charge in [0.25, 0.3) is 0 Å². The zero-order valence-corrected chi connectivity index (χ0v) is 16.9. The van der Waals surface area contributed by atoms with Gasteiger partial charge in [-0.2, -0.15) is 5.10 Å². The summed E-state index contributed by atoms with van der Waals surface area (Å²) in [7, 11) is 1.95. The molecule has 1 heterocycles. The molecular weight excluding hydrogens is 401 g/mol. The van der Waals surface area contributed by atoms with Crippen LogP contribution in [-0.4, -0.2) is 28.8 Å². The van der Waals surface area contributed by atoms with Crippen LogP contribution in [0.25, 0.3) is 0 Å². The molecule has 0 bridgehead atoms. The number of aliphatic imine (C=N–C) groups is 1. The highest BCUT2D eigenvalue weighted by Crippen LogP contribution is 2.28. The summed E-state index contributed by atoms with van der Waals surface area (Å²) in [6.07, 6.45) is 11.6. The number of hydrogen-bond acceptors (Lipinski definition) is 2. The third-order valence-corrected chi connectivity index (χ3v) is 4.47. The highest BCUT2D eigenvalue weighted by Gasteiger charge is 2.13. The van der Waals surface area contributed by atoms with Gasteiger partial charge >= 0.3 is 0 Å². The first-order valence-electron chi connectivity index (χ1n) is 8.78. The lowest BCUT2D eigenvalue weighted by atomic mass is 10.0. The van der Waals surface area contributed by atoms with Crippen molar-refractivity contribution < 1.29 is 0 Å². The van der Waals surface area contributed by atoms with E-state index in [0.29, 0.717) is 6.54 Å². The summed E-state index contributed by atoms with van der Waals surface area (Å²) in [6.45, 7) is 4.65. The Balaban J connectivity index is 0.00000264. The molecule has 2 rings (SSSR count). The van der Waals surface area contributed by atoms with E-state index in [9.17, 15) is 0 Å². The molecular formula is C17H32IN5. The summed E-state index contributed by atoms with van der Waals surface area (Å²) in [6, 6.07) is 2.01. The SMILES string of the molecule is CCNC(=NCc1ccnn1C)NCCCCC1CCCC1.I. The maximum atomic E-state index is 4.63. The molecule has 0 aliphatic heterocycles. The second-order valence-corrected chi connectivity index (χ2v) is 6.21. The van der Waals surface area contributed by atoms with Gasteiger partial charge in [0.15, 0.2) is 5.96 Å². The lowest BCUT2D eigenvalue weighted by Crippen LogP contribution is -2.37. The zero-order valence-electron chi connectivity index (χ0n) is 14.6. The van der Waals surface area contributed by atoms with Crippen LogP contribution in [0.5, 0.6) is 0 Å². The lowest BCUT2D eigenvalue weighted by molar-refractivity contribution is 0.472. The van der Waals surface area contributed by atoms with E-state index in [1.165, 1.54) is 44.9 Å². The van der Waals surface area contributed by atoms with Gasteiger partial charge in [-0.3, -0.25) is 4.68 Å². The monoisotopic (exact) mass is 433 g/mol. The zero-order chi connectivity index (χ0) is 15.6. The fourth-order valence-corrected chi connectivity index (χ4v) is 3.12. The number of aryl methyl sites for hydroxylation is 1. The Hall–Kier alpha value is -0.790. The van der Waals surface area contributed by atoms with Crippen LogP contribution in [-0.2, 0) is 13.6 Å². The maximum Gasteiger partial charge on any atom is 0.191 e. The minimum absolute atomic E-state index is 0. The van der Waals surface area contributed by atoms with E-state index < -0.39 is 0 Å². The lowest BCUT2D eigenvalue weighted by Gasteiger charge is -2.12. The van der Waals surface area contributed by atoms with Gasteiger partial charge in [0.1, 0.15) is 0 Å². The van der Waals surface area contributed by atoms with E-state index in [1.807, 2.05) is 24.0 Å². The number of hydrogen-bond donors (Lipinski definition) is 2. The molecule has 23 heavy (non-hydrogen) atoms. The first-order valence-corrected chi connectivity index (χ1v) is 8.78. The number of guanidine groups is 1. The van der Waals surface area contributed by atoms with Crippen molar-refractivity contribution in [2.45, 2.75) is 58.4 Å². The van der Waals surface area contributed by atoms with Crippen molar-refractivity contribution >= 4 is 29.9 Å². The fraction of sp³-hybridized carbons (Fsp3) is 0.765. The molecule has 0 spiro atoms. The second-order valence-electron chi connectivity index (χ2n) is 6.21. The third-order valence-electron chi connectivity index (χ3n) is 4.47. The second kappa shape index (κ2) is 11.7. The first kappa shape index (κ1) is 20.3. The summed E-state index contributed by atoms with van der Waals surface area (Å²) in [5.74, 6) is 1.91. The molecule has 0 unspecified atom stereocenters. The van der Waals surface area contributed by atoms with Crippen LogP contribution in [0.3, 0.4) is 0 Å². The first-order chi connectivity index (χ1) is 10.8. The van der Waals surface area contributed by atoms with Gasteiger partial charge in [-0.15, -0.1) is 24.0 Å². The molecule has 2 N–H and O–H groups in total. The molecule has 1 saturated carbocycles. The Morgan fingerprint density at radius 2 is 2.09 bits per heavy atom. The Labute approximate surface area is 157 Å². The fourth-order valence-electron chi connectivity index (χ4n) is 3.12. The van der Waals surface area contributed by atoms with Crippen LogP contribution < -0.4 is 10.6 Å². The molecule has 5 nitrogen and oxygen atoms in total. The van der Waals surface area contributed by atoms with E-state index >= 15 is 0 Å². The van der Waals surface area contributed by atoms with Crippen molar-refractivity contribution in [2.75, 3.05) is 13.1 Å². The smallest absolute Gasteiger partial charge is 0.191 e. The predicted octanol–water partition coefficient (Wildman–Crippen LogP) is 3.45. The highest BCUT2D eigenvalue weighted by molar-refractivity contribution is 14.0. The van der Waals surface area contributed by atoms with Crippen molar-refractivity contribution in [3.63, 3.8) is 0 Å². The summed E-state index contributed by atoms with van der Waals surface area (Å²) < 4.78 is 1.87. The van der Waals surface area contributed by atoms with Gasteiger partial charge in [-0.1, -0.05) is 38.5 Å². The van der Waals surface area contributed by atoms with Gasteiger partial charge in [-0.05, 0) is 25.3 Å². The quantitative estimate of drug-likeness (QED) is 0.286. The Morgan fingerprint density at radius 3 is 2.74 bits per heavy atom. The molecule has 1 fully saturated rings. The van der Waals surface area contributed by atoms with Crippen molar-refractivity contribution in [2.24, 2.45) is 18.0 Å². The van der Waals surface area contributed by atoms with Crippen LogP contribution in [0.4, 0.5) is 0 Å². The Bertz CT molecular complexity index is 452. The molecule has 0 saturated heterocycles. The summed E-state index contributed by atoms with van der Waals surface area (Å²) in [4.78, 5) is 4.63. The molecule has 0 aromatic carbocycles. The van der Waals surface area contributed by atoms with E-state index in [0.717, 1.165) is 30.7 Å². The van der Waals surface area contributed by atoms with Gasteiger partial charge in [0, 0.05) is 26.3 Å². The van der Waals surface area contributed by atoms with Crippen LogP contribution in [0.15, 0.2) is 17.3 Å². The molecule has 1 aliphatic rings. The molecule has 0 atom stereocenters. The van der Waals surface area contributed by atoms with E-state index in [4.69, 9.17) is 0 Å². The molecule has 132 valence electrons. The van der Waals surface area contributed by atoms with Crippen LogP contribution >= 0.6 is 24.0 Å². The van der Waals surface area contributed by atoms with Gasteiger partial charge in [0.05, 0.1) is 12.2 Å². The number of halogens is 1. The standard InChI is InChI=1S/C17H31N5.HI/c1-3-18-17(20-14-16-11-13-21-22(16)2)19-12-7-6-10-15-8-4-5-9-15;/h11,13,15H,3-10,12,14H2,1-2H3,(H2,18,19,20);1H. The van der Waals surface area contributed by atoms with Crippen LogP contribution in [0.2, 0.25) is 0 Å². The van der Waals surface area contributed by atoms with Crippen LogP contribution in [0.1, 0.15) is 57.6 Å². The van der Waals surface area contributed by atoms with E-state index in [1.54, 1.807) is 0 Å². The normalized spacial score (nSPS) is 15.5. The van der Waals surface area contributed by atoms with Crippen molar-refractivity contribution in [3.8, 4) is 0 Å². The largest absolute Gasteiger partial charge is 0.357 e. The number of rotatable bonds is 8. The molecule has 6 heteroatoms. The Morgan fingerprint density at radius 1 is 1.30 bits per heavy atom. The topological polar surface area (TPSA) is 54.2 Å². The summed E-state index contributed by atoms with van der Waals surface area (Å²) in [5.41, 5.74) is 1.12. The number of nitrogens with one attached hydrogen (secondary N) is 2. The molecule has 0 radical (unpaired) electrons. The van der Waals surface area contributed by atoms with E-state index in [-0.39, 0.29) is 24.0 Å².